The molecule has 2 atom stereocenters. The standard InChI is InChI=1S/C22H27NO4/c1-4-27-19-11-10-17(14-20(19)26-3)21(16-8-5-7-15(2)13-16)23-12-6-9-18(23)22(24)25/h5,7-8,10-11,13-14,18,21H,4,6,9,12H2,1-3H3,(H,24,25). The van der Waals surface area contributed by atoms with Crippen molar-refractivity contribution in [2.75, 3.05) is 20.3 Å². The van der Waals surface area contributed by atoms with Crippen molar-refractivity contribution in [3.8, 4) is 11.5 Å². The third-order valence-electron chi connectivity index (χ3n) is 5.07. The SMILES string of the molecule is CCOc1ccc(C(c2cccc(C)c2)N2CCCC2C(=O)O)cc1OC. The molecule has 0 radical (unpaired) electrons. The van der Waals surface area contributed by atoms with E-state index in [9.17, 15) is 9.90 Å². The molecule has 2 unspecified atom stereocenters. The summed E-state index contributed by atoms with van der Waals surface area (Å²) in [5.74, 6) is 0.601. The maximum atomic E-state index is 11.8. The normalized spacial score (nSPS) is 18.3. The van der Waals surface area contributed by atoms with Crippen LogP contribution in [0.1, 0.15) is 42.5 Å². The predicted octanol–water partition coefficient (Wildman–Crippen LogP) is 4.04. The van der Waals surface area contributed by atoms with Gasteiger partial charge < -0.3 is 14.6 Å². The molecule has 1 heterocycles. The number of carboxylic acid groups (broad SMARTS) is 1. The number of carbonyl (C=O) groups is 1. The molecule has 0 aliphatic carbocycles. The summed E-state index contributed by atoms with van der Waals surface area (Å²) in [6.45, 7) is 5.30. The van der Waals surface area contributed by atoms with Crippen molar-refractivity contribution >= 4 is 5.97 Å². The summed E-state index contributed by atoms with van der Waals surface area (Å²) in [6.07, 6.45) is 1.55. The first-order valence-corrected chi connectivity index (χ1v) is 9.41. The highest BCUT2D eigenvalue weighted by Crippen LogP contribution is 2.38. The number of carboxylic acids is 1. The Kier molecular flexibility index (Phi) is 6.01. The molecule has 0 saturated carbocycles. The van der Waals surface area contributed by atoms with E-state index in [1.807, 2.05) is 31.2 Å². The average Bonchev–Trinajstić information content (AvgIpc) is 3.13. The minimum atomic E-state index is -0.761. The number of rotatable bonds is 7. The van der Waals surface area contributed by atoms with Crippen LogP contribution in [0.5, 0.6) is 11.5 Å². The Morgan fingerprint density at radius 2 is 2.00 bits per heavy atom. The Labute approximate surface area is 160 Å². The molecule has 1 N–H and O–H groups in total. The monoisotopic (exact) mass is 369 g/mol. The van der Waals surface area contributed by atoms with E-state index in [2.05, 4.69) is 30.0 Å². The molecule has 1 saturated heterocycles. The van der Waals surface area contributed by atoms with Crippen LogP contribution >= 0.6 is 0 Å². The Hall–Kier alpha value is -2.53. The second-order valence-corrected chi connectivity index (χ2v) is 6.89. The minimum Gasteiger partial charge on any atom is -0.493 e. The molecule has 0 spiro atoms. The smallest absolute Gasteiger partial charge is 0.320 e. The molecule has 0 aromatic heterocycles. The summed E-state index contributed by atoms with van der Waals surface area (Å²) in [6, 6.07) is 13.5. The largest absolute Gasteiger partial charge is 0.493 e. The topological polar surface area (TPSA) is 59.0 Å². The molecule has 0 bridgehead atoms. The van der Waals surface area contributed by atoms with Gasteiger partial charge in [-0.2, -0.15) is 0 Å². The third kappa shape index (κ3) is 4.08. The highest BCUT2D eigenvalue weighted by atomic mass is 16.5. The van der Waals surface area contributed by atoms with Crippen LogP contribution in [0.2, 0.25) is 0 Å². The number of methoxy groups -OCH3 is 1. The van der Waals surface area contributed by atoms with E-state index in [1.54, 1.807) is 7.11 Å². The molecular formula is C22H27NO4. The summed E-state index contributed by atoms with van der Waals surface area (Å²) in [7, 11) is 1.62. The summed E-state index contributed by atoms with van der Waals surface area (Å²) in [4.78, 5) is 13.9. The molecule has 5 nitrogen and oxygen atoms in total. The van der Waals surface area contributed by atoms with Crippen LogP contribution in [-0.2, 0) is 4.79 Å². The molecule has 1 aliphatic heterocycles. The highest BCUT2D eigenvalue weighted by Gasteiger charge is 2.37. The number of hydrogen-bond donors (Lipinski definition) is 1. The van der Waals surface area contributed by atoms with Crippen molar-refractivity contribution in [3.05, 3.63) is 59.2 Å². The van der Waals surface area contributed by atoms with E-state index in [4.69, 9.17) is 9.47 Å². The molecule has 5 heteroatoms. The second kappa shape index (κ2) is 8.44. The van der Waals surface area contributed by atoms with E-state index in [0.717, 1.165) is 29.7 Å². The van der Waals surface area contributed by atoms with Gasteiger partial charge in [-0.25, -0.2) is 0 Å². The number of aliphatic carboxylic acids is 1. The van der Waals surface area contributed by atoms with Crippen LogP contribution in [0, 0.1) is 6.92 Å². The molecule has 2 aromatic carbocycles. The van der Waals surface area contributed by atoms with Crippen molar-refractivity contribution in [1.82, 2.24) is 4.90 Å². The van der Waals surface area contributed by atoms with Gasteiger partial charge in [-0.1, -0.05) is 35.9 Å². The van der Waals surface area contributed by atoms with E-state index in [-0.39, 0.29) is 6.04 Å². The Bertz CT molecular complexity index is 805. The van der Waals surface area contributed by atoms with Crippen molar-refractivity contribution in [3.63, 3.8) is 0 Å². The van der Waals surface area contributed by atoms with E-state index in [1.165, 1.54) is 0 Å². The first-order chi connectivity index (χ1) is 13.0. The van der Waals surface area contributed by atoms with Gasteiger partial charge in [0.2, 0.25) is 0 Å². The molecule has 3 rings (SSSR count). The van der Waals surface area contributed by atoms with Crippen molar-refractivity contribution in [2.45, 2.75) is 38.8 Å². The number of hydrogen-bond acceptors (Lipinski definition) is 4. The average molecular weight is 369 g/mol. The van der Waals surface area contributed by atoms with Crippen molar-refractivity contribution in [1.29, 1.82) is 0 Å². The number of nitrogens with zero attached hydrogens (tertiary/aromatic N) is 1. The van der Waals surface area contributed by atoms with Gasteiger partial charge in [-0.3, -0.25) is 9.69 Å². The molecule has 27 heavy (non-hydrogen) atoms. The Morgan fingerprint density at radius 3 is 2.67 bits per heavy atom. The van der Waals surface area contributed by atoms with Gasteiger partial charge in [0.25, 0.3) is 0 Å². The van der Waals surface area contributed by atoms with Crippen LogP contribution in [0.15, 0.2) is 42.5 Å². The van der Waals surface area contributed by atoms with Gasteiger partial charge in [0, 0.05) is 6.54 Å². The zero-order valence-electron chi connectivity index (χ0n) is 16.1. The van der Waals surface area contributed by atoms with Gasteiger partial charge in [0.15, 0.2) is 11.5 Å². The van der Waals surface area contributed by atoms with E-state index in [0.29, 0.717) is 24.5 Å². The first kappa shape index (κ1) is 19.2. The highest BCUT2D eigenvalue weighted by molar-refractivity contribution is 5.74. The Morgan fingerprint density at radius 1 is 1.22 bits per heavy atom. The van der Waals surface area contributed by atoms with Gasteiger partial charge >= 0.3 is 5.97 Å². The van der Waals surface area contributed by atoms with Crippen molar-refractivity contribution in [2.24, 2.45) is 0 Å². The fraction of sp³-hybridized carbons (Fsp3) is 0.409. The lowest BCUT2D eigenvalue weighted by Gasteiger charge is -2.32. The summed E-state index contributed by atoms with van der Waals surface area (Å²) in [5.41, 5.74) is 3.25. The van der Waals surface area contributed by atoms with Gasteiger partial charge in [0.05, 0.1) is 19.8 Å². The quantitative estimate of drug-likeness (QED) is 0.798. The lowest BCUT2D eigenvalue weighted by molar-refractivity contribution is -0.142. The molecule has 1 fully saturated rings. The van der Waals surface area contributed by atoms with Crippen LogP contribution in [0.25, 0.3) is 0 Å². The van der Waals surface area contributed by atoms with E-state index < -0.39 is 12.0 Å². The summed E-state index contributed by atoms with van der Waals surface area (Å²) in [5, 5.41) is 9.71. The fourth-order valence-corrected chi connectivity index (χ4v) is 3.91. The zero-order valence-corrected chi connectivity index (χ0v) is 16.1. The number of aryl methyl sites for hydroxylation is 1. The van der Waals surface area contributed by atoms with Gasteiger partial charge in [-0.05, 0) is 49.9 Å². The lowest BCUT2D eigenvalue weighted by atomic mass is 9.94. The first-order valence-electron chi connectivity index (χ1n) is 9.41. The summed E-state index contributed by atoms with van der Waals surface area (Å²) < 4.78 is 11.2. The predicted molar refractivity (Wildman–Crippen MR) is 105 cm³/mol. The lowest BCUT2D eigenvalue weighted by Crippen LogP contribution is -2.39. The van der Waals surface area contributed by atoms with Crippen LogP contribution in [-0.4, -0.2) is 42.3 Å². The molecule has 1 aliphatic rings. The van der Waals surface area contributed by atoms with Gasteiger partial charge in [-0.15, -0.1) is 0 Å². The molecular weight excluding hydrogens is 342 g/mol. The minimum absolute atomic E-state index is 0.141. The maximum absolute atomic E-state index is 11.8. The number of ether oxygens (including phenoxy) is 2. The third-order valence-corrected chi connectivity index (χ3v) is 5.07. The van der Waals surface area contributed by atoms with Gasteiger partial charge in [0.1, 0.15) is 6.04 Å². The number of benzene rings is 2. The van der Waals surface area contributed by atoms with Crippen LogP contribution in [0.3, 0.4) is 0 Å². The van der Waals surface area contributed by atoms with Crippen molar-refractivity contribution < 1.29 is 19.4 Å². The van der Waals surface area contributed by atoms with Crippen LogP contribution < -0.4 is 9.47 Å². The molecule has 144 valence electrons. The fourth-order valence-electron chi connectivity index (χ4n) is 3.91. The number of likely N-dealkylation sites (tertiary alicyclic amines) is 1. The zero-order chi connectivity index (χ0) is 19.4. The van der Waals surface area contributed by atoms with E-state index >= 15 is 0 Å². The second-order valence-electron chi connectivity index (χ2n) is 6.89. The molecule has 2 aromatic rings. The molecule has 0 amide bonds. The summed E-state index contributed by atoms with van der Waals surface area (Å²) >= 11 is 0. The Balaban J connectivity index is 2.08. The maximum Gasteiger partial charge on any atom is 0.320 e. The van der Waals surface area contributed by atoms with Crippen LogP contribution in [0.4, 0.5) is 0 Å².